The average Bonchev–Trinajstić information content (AvgIpc) is 2.49. The maximum atomic E-state index is 12.6. The molecule has 0 aliphatic heterocycles. The molecule has 22 heavy (non-hydrogen) atoms. The zero-order valence-electron chi connectivity index (χ0n) is 13.0. The van der Waals surface area contributed by atoms with E-state index in [1.165, 1.54) is 14.2 Å². The standard InChI is InChI=1S/C17H18ClNO3/c1-10-8-11(2)16(12(18)9-10)19-17(20)15-13(21-3)6-5-7-14(15)22-4/h5-9H,1-4H3,(H,19,20). The lowest BCUT2D eigenvalue weighted by Gasteiger charge is -2.15. The van der Waals surface area contributed by atoms with Crippen LogP contribution >= 0.6 is 11.6 Å². The van der Waals surface area contributed by atoms with E-state index in [1.807, 2.05) is 26.0 Å². The number of amides is 1. The Labute approximate surface area is 135 Å². The Morgan fingerprint density at radius 2 is 1.68 bits per heavy atom. The third-order valence-electron chi connectivity index (χ3n) is 3.33. The molecular weight excluding hydrogens is 302 g/mol. The predicted molar refractivity (Wildman–Crippen MR) is 88.4 cm³/mol. The molecule has 0 aliphatic rings. The first-order valence-corrected chi connectivity index (χ1v) is 7.14. The second kappa shape index (κ2) is 6.71. The van der Waals surface area contributed by atoms with E-state index in [0.717, 1.165) is 11.1 Å². The number of methoxy groups -OCH3 is 2. The fourth-order valence-electron chi connectivity index (χ4n) is 2.33. The molecule has 116 valence electrons. The predicted octanol–water partition coefficient (Wildman–Crippen LogP) is 4.23. The highest BCUT2D eigenvalue weighted by Gasteiger charge is 2.19. The molecule has 2 rings (SSSR count). The van der Waals surface area contributed by atoms with Gasteiger partial charge in [0.05, 0.1) is 24.9 Å². The van der Waals surface area contributed by atoms with Crippen molar-refractivity contribution in [1.29, 1.82) is 0 Å². The van der Waals surface area contributed by atoms with Crippen LogP contribution in [0.2, 0.25) is 5.02 Å². The topological polar surface area (TPSA) is 47.6 Å². The second-order valence-corrected chi connectivity index (χ2v) is 5.34. The zero-order chi connectivity index (χ0) is 16.3. The van der Waals surface area contributed by atoms with E-state index in [0.29, 0.717) is 27.8 Å². The molecule has 0 radical (unpaired) electrons. The van der Waals surface area contributed by atoms with Crippen molar-refractivity contribution in [1.82, 2.24) is 0 Å². The summed E-state index contributed by atoms with van der Waals surface area (Å²) in [6.45, 7) is 3.85. The summed E-state index contributed by atoms with van der Waals surface area (Å²) in [5.74, 6) is 0.554. The molecule has 2 aromatic carbocycles. The highest BCUT2D eigenvalue weighted by molar-refractivity contribution is 6.34. The van der Waals surface area contributed by atoms with Gasteiger partial charge in [-0.1, -0.05) is 23.7 Å². The Kier molecular flexibility index (Phi) is 4.93. The maximum Gasteiger partial charge on any atom is 0.263 e. The molecule has 0 aromatic heterocycles. The van der Waals surface area contributed by atoms with Gasteiger partial charge in [0.2, 0.25) is 0 Å². The van der Waals surface area contributed by atoms with E-state index in [2.05, 4.69) is 5.32 Å². The lowest BCUT2D eigenvalue weighted by atomic mass is 10.1. The number of nitrogens with one attached hydrogen (secondary N) is 1. The Balaban J connectivity index is 2.42. The minimum atomic E-state index is -0.330. The van der Waals surface area contributed by atoms with Crippen LogP contribution in [0.4, 0.5) is 5.69 Å². The van der Waals surface area contributed by atoms with Crippen LogP contribution in [0.3, 0.4) is 0 Å². The smallest absolute Gasteiger partial charge is 0.263 e. The highest BCUT2D eigenvalue weighted by atomic mass is 35.5. The Hall–Kier alpha value is -2.20. The summed E-state index contributed by atoms with van der Waals surface area (Å²) < 4.78 is 10.5. The van der Waals surface area contributed by atoms with E-state index in [4.69, 9.17) is 21.1 Å². The van der Waals surface area contributed by atoms with Crippen molar-refractivity contribution in [2.24, 2.45) is 0 Å². The largest absolute Gasteiger partial charge is 0.496 e. The first-order chi connectivity index (χ1) is 10.5. The van der Waals surface area contributed by atoms with E-state index < -0.39 is 0 Å². The Morgan fingerprint density at radius 3 is 2.18 bits per heavy atom. The number of aryl methyl sites for hydroxylation is 2. The molecule has 1 amide bonds. The van der Waals surface area contributed by atoms with Crippen LogP contribution in [0.15, 0.2) is 30.3 Å². The molecule has 0 saturated carbocycles. The fraction of sp³-hybridized carbons (Fsp3) is 0.235. The van der Waals surface area contributed by atoms with Crippen molar-refractivity contribution in [3.05, 3.63) is 52.0 Å². The third kappa shape index (κ3) is 3.17. The molecule has 0 spiro atoms. The van der Waals surface area contributed by atoms with Crippen molar-refractivity contribution in [2.45, 2.75) is 13.8 Å². The summed E-state index contributed by atoms with van der Waals surface area (Å²) in [5, 5.41) is 3.34. The summed E-state index contributed by atoms with van der Waals surface area (Å²) in [7, 11) is 3.02. The molecule has 5 heteroatoms. The van der Waals surface area contributed by atoms with Gasteiger partial charge in [0.25, 0.3) is 5.91 Å². The summed E-state index contributed by atoms with van der Waals surface area (Å²) in [6.07, 6.45) is 0. The minimum absolute atomic E-state index is 0.330. The van der Waals surface area contributed by atoms with E-state index in [1.54, 1.807) is 18.2 Å². The number of halogens is 1. The number of carbonyl (C=O) groups is 1. The first kappa shape index (κ1) is 16.2. The van der Waals surface area contributed by atoms with Crippen LogP contribution in [0.5, 0.6) is 11.5 Å². The van der Waals surface area contributed by atoms with E-state index >= 15 is 0 Å². The van der Waals surface area contributed by atoms with Gasteiger partial charge in [0.1, 0.15) is 17.1 Å². The van der Waals surface area contributed by atoms with Crippen molar-refractivity contribution in [3.8, 4) is 11.5 Å². The summed E-state index contributed by atoms with van der Waals surface area (Å²) in [6, 6.07) is 8.95. The number of rotatable bonds is 4. The molecular formula is C17H18ClNO3. The molecule has 4 nitrogen and oxygen atoms in total. The van der Waals surface area contributed by atoms with Crippen LogP contribution < -0.4 is 14.8 Å². The number of carbonyl (C=O) groups excluding carboxylic acids is 1. The van der Waals surface area contributed by atoms with Crippen molar-refractivity contribution >= 4 is 23.2 Å². The number of hydrogen-bond acceptors (Lipinski definition) is 3. The molecule has 0 atom stereocenters. The molecule has 0 heterocycles. The Bertz CT molecular complexity index is 668. The number of hydrogen-bond donors (Lipinski definition) is 1. The van der Waals surface area contributed by atoms with Crippen LogP contribution in [0.1, 0.15) is 21.5 Å². The maximum absolute atomic E-state index is 12.6. The normalized spacial score (nSPS) is 10.2. The molecule has 1 N–H and O–H groups in total. The molecule has 0 aliphatic carbocycles. The lowest BCUT2D eigenvalue weighted by molar-refractivity contribution is 0.102. The van der Waals surface area contributed by atoms with Crippen LogP contribution in [-0.2, 0) is 0 Å². The zero-order valence-corrected chi connectivity index (χ0v) is 13.7. The van der Waals surface area contributed by atoms with Crippen LogP contribution in [0, 0.1) is 13.8 Å². The number of ether oxygens (including phenoxy) is 2. The fourth-order valence-corrected chi connectivity index (χ4v) is 2.69. The van der Waals surface area contributed by atoms with Gasteiger partial charge >= 0.3 is 0 Å². The Morgan fingerprint density at radius 1 is 1.09 bits per heavy atom. The lowest BCUT2D eigenvalue weighted by Crippen LogP contribution is -2.15. The molecule has 2 aromatic rings. The highest BCUT2D eigenvalue weighted by Crippen LogP contribution is 2.32. The van der Waals surface area contributed by atoms with Crippen molar-refractivity contribution in [2.75, 3.05) is 19.5 Å². The van der Waals surface area contributed by atoms with Gasteiger partial charge in [0.15, 0.2) is 0 Å². The van der Waals surface area contributed by atoms with Gasteiger partial charge < -0.3 is 14.8 Å². The number of anilines is 1. The van der Waals surface area contributed by atoms with Crippen molar-refractivity contribution < 1.29 is 14.3 Å². The summed E-state index contributed by atoms with van der Waals surface area (Å²) >= 11 is 6.24. The van der Waals surface area contributed by atoms with Gasteiger partial charge in [-0.3, -0.25) is 4.79 Å². The van der Waals surface area contributed by atoms with Gasteiger partial charge in [-0.05, 0) is 43.2 Å². The van der Waals surface area contributed by atoms with Gasteiger partial charge in [-0.2, -0.15) is 0 Å². The first-order valence-electron chi connectivity index (χ1n) is 6.77. The molecule has 0 saturated heterocycles. The van der Waals surface area contributed by atoms with Gasteiger partial charge in [-0.15, -0.1) is 0 Å². The second-order valence-electron chi connectivity index (χ2n) is 4.93. The summed E-state index contributed by atoms with van der Waals surface area (Å²) in [5.41, 5.74) is 2.86. The average molecular weight is 320 g/mol. The third-order valence-corrected chi connectivity index (χ3v) is 3.62. The van der Waals surface area contributed by atoms with Gasteiger partial charge in [0, 0.05) is 0 Å². The quantitative estimate of drug-likeness (QED) is 0.917. The monoisotopic (exact) mass is 319 g/mol. The van der Waals surface area contributed by atoms with Crippen LogP contribution in [-0.4, -0.2) is 20.1 Å². The summed E-state index contributed by atoms with van der Waals surface area (Å²) in [4.78, 5) is 12.6. The molecule has 0 fully saturated rings. The minimum Gasteiger partial charge on any atom is -0.496 e. The molecule has 0 unspecified atom stereocenters. The SMILES string of the molecule is COc1cccc(OC)c1C(=O)Nc1c(C)cc(C)cc1Cl. The van der Waals surface area contributed by atoms with Crippen molar-refractivity contribution in [3.63, 3.8) is 0 Å². The van der Waals surface area contributed by atoms with E-state index in [9.17, 15) is 4.79 Å². The number of benzene rings is 2. The molecule has 0 bridgehead atoms. The van der Waals surface area contributed by atoms with E-state index in [-0.39, 0.29) is 5.91 Å². The van der Waals surface area contributed by atoms with Gasteiger partial charge in [-0.25, -0.2) is 0 Å². The van der Waals surface area contributed by atoms with Crippen LogP contribution in [0.25, 0.3) is 0 Å².